The first kappa shape index (κ1) is 23.0. The average molecular weight is 478 g/mol. The number of primary amides is 1. The predicted octanol–water partition coefficient (Wildman–Crippen LogP) is 3.72. The molecule has 0 spiro atoms. The summed E-state index contributed by atoms with van der Waals surface area (Å²) in [5, 5.41) is 2.64. The number of hydrogen-bond acceptors (Lipinski definition) is 5. The minimum atomic E-state index is -1.06. The van der Waals surface area contributed by atoms with Gasteiger partial charge in [0.15, 0.2) is 0 Å². The Morgan fingerprint density at radius 1 is 1.21 bits per heavy atom. The molecule has 2 fully saturated rings. The van der Waals surface area contributed by atoms with Crippen LogP contribution in [0.3, 0.4) is 0 Å². The molecule has 33 heavy (non-hydrogen) atoms. The van der Waals surface area contributed by atoms with Crippen LogP contribution in [0.25, 0.3) is 0 Å². The summed E-state index contributed by atoms with van der Waals surface area (Å²) in [6, 6.07) is 7.66. The number of halogens is 3. The molecule has 10 heteroatoms. The van der Waals surface area contributed by atoms with E-state index in [1.54, 1.807) is 17.0 Å². The molecule has 2 aromatic rings. The van der Waals surface area contributed by atoms with Gasteiger partial charge in [-0.15, -0.1) is 0 Å². The zero-order chi connectivity index (χ0) is 23.9. The van der Waals surface area contributed by atoms with Gasteiger partial charge < -0.3 is 15.4 Å². The van der Waals surface area contributed by atoms with Crippen molar-refractivity contribution in [1.82, 2.24) is 5.32 Å². The summed E-state index contributed by atoms with van der Waals surface area (Å²) < 4.78 is 35.0. The molecule has 2 heterocycles. The monoisotopic (exact) mass is 477 g/mol. The standard InChI is InChI=1S/C23H22ClF2N3O4/c1-11-2-3-12(6-16(11)24)21(33-23(27)32)13-9-29(10-13)14-7-17(25)20(18(26)8-14)15-4-5-19(30)28-22(15)31/h2-3,6-8,13,15,21H,4-5,9-10H2,1H3,(H2,27,32)(H,28,30,31). The average Bonchev–Trinajstić information content (AvgIpc) is 2.69. The van der Waals surface area contributed by atoms with Crippen LogP contribution in [0.15, 0.2) is 30.3 Å². The van der Waals surface area contributed by atoms with E-state index in [1.165, 1.54) is 12.1 Å². The maximum atomic E-state index is 14.8. The highest BCUT2D eigenvalue weighted by Gasteiger charge is 2.38. The second-order valence-corrected chi connectivity index (χ2v) is 8.77. The van der Waals surface area contributed by atoms with Gasteiger partial charge in [0.1, 0.15) is 17.7 Å². The normalized spacial score (nSPS) is 19.6. The summed E-state index contributed by atoms with van der Waals surface area (Å²) in [6.07, 6.45) is -1.51. The third-order valence-corrected chi connectivity index (χ3v) is 6.53. The first-order valence-corrected chi connectivity index (χ1v) is 10.8. The van der Waals surface area contributed by atoms with E-state index in [1.807, 2.05) is 13.0 Å². The van der Waals surface area contributed by atoms with Crippen LogP contribution >= 0.6 is 11.6 Å². The van der Waals surface area contributed by atoms with E-state index >= 15 is 0 Å². The fourth-order valence-corrected chi connectivity index (χ4v) is 4.51. The number of benzene rings is 2. The fourth-order valence-electron chi connectivity index (χ4n) is 4.32. The molecule has 7 nitrogen and oxygen atoms in total. The van der Waals surface area contributed by atoms with Crippen molar-refractivity contribution in [3.05, 3.63) is 63.7 Å². The van der Waals surface area contributed by atoms with Gasteiger partial charge in [-0.05, 0) is 42.7 Å². The minimum Gasteiger partial charge on any atom is -0.441 e. The second-order valence-electron chi connectivity index (χ2n) is 8.36. The topological polar surface area (TPSA) is 102 Å². The largest absolute Gasteiger partial charge is 0.441 e. The van der Waals surface area contributed by atoms with Crippen LogP contribution in [0.5, 0.6) is 0 Å². The summed E-state index contributed by atoms with van der Waals surface area (Å²) in [6.45, 7) is 2.57. The number of imide groups is 1. The molecule has 3 amide bonds. The van der Waals surface area contributed by atoms with Crippen molar-refractivity contribution in [2.24, 2.45) is 11.7 Å². The maximum Gasteiger partial charge on any atom is 0.405 e. The van der Waals surface area contributed by atoms with E-state index in [0.717, 1.165) is 5.56 Å². The Balaban J connectivity index is 1.51. The molecular formula is C23H22ClF2N3O4. The smallest absolute Gasteiger partial charge is 0.405 e. The van der Waals surface area contributed by atoms with E-state index < -0.39 is 41.6 Å². The highest BCUT2D eigenvalue weighted by atomic mass is 35.5. The fraction of sp³-hybridized carbons (Fsp3) is 0.348. The number of ether oxygens (including phenoxy) is 1. The zero-order valence-corrected chi connectivity index (χ0v) is 18.5. The van der Waals surface area contributed by atoms with E-state index in [0.29, 0.717) is 29.4 Å². The summed E-state index contributed by atoms with van der Waals surface area (Å²) >= 11 is 6.20. The number of carbonyl (C=O) groups excluding carboxylic acids is 3. The van der Waals surface area contributed by atoms with Gasteiger partial charge in [-0.3, -0.25) is 14.9 Å². The molecule has 0 aliphatic carbocycles. The molecule has 174 valence electrons. The SMILES string of the molecule is Cc1ccc(C(OC(N)=O)C2CN(c3cc(F)c(C4CCC(=O)NC4=O)c(F)c3)C2)cc1Cl. The molecule has 0 aromatic heterocycles. The first-order chi connectivity index (χ1) is 15.6. The van der Waals surface area contributed by atoms with Gasteiger partial charge in [0.2, 0.25) is 11.8 Å². The molecule has 0 saturated carbocycles. The third kappa shape index (κ3) is 4.64. The summed E-state index contributed by atoms with van der Waals surface area (Å²) in [7, 11) is 0. The summed E-state index contributed by atoms with van der Waals surface area (Å²) in [5.74, 6) is -4.08. The Labute approximate surface area is 193 Å². The Morgan fingerprint density at radius 3 is 2.45 bits per heavy atom. The van der Waals surface area contributed by atoms with Gasteiger partial charge in [-0.1, -0.05) is 23.7 Å². The van der Waals surface area contributed by atoms with E-state index in [-0.39, 0.29) is 24.3 Å². The Morgan fingerprint density at radius 2 is 1.88 bits per heavy atom. The van der Waals surface area contributed by atoms with Crippen molar-refractivity contribution >= 4 is 35.2 Å². The van der Waals surface area contributed by atoms with E-state index in [2.05, 4.69) is 5.32 Å². The highest BCUT2D eigenvalue weighted by Crippen LogP contribution is 2.39. The zero-order valence-electron chi connectivity index (χ0n) is 17.7. The first-order valence-electron chi connectivity index (χ1n) is 10.4. The number of anilines is 1. The number of carbonyl (C=O) groups is 3. The van der Waals surface area contributed by atoms with Crippen LogP contribution < -0.4 is 16.0 Å². The highest BCUT2D eigenvalue weighted by molar-refractivity contribution is 6.31. The van der Waals surface area contributed by atoms with Gasteiger partial charge >= 0.3 is 6.09 Å². The van der Waals surface area contributed by atoms with Gasteiger partial charge in [0.25, 0.3) is 0 Å². The van der Waals surface area contributed by atoms with Crippen molar-refractivity contribution in [3.8, 4) is 0 Å². The van der Waals surface area contributed by atoms with Crippen molar-refractivity contribution in [2.75, 3.05) is 18.0 Å². The lowest BCUT2D eigenvalue weighted by atomic mass is 9.87. The van der Waals surface area contributed by atoms with Gasteiger partial charge in [0, 0.05) is 41.7 Å². The lowest BCUT2D eigenvalue weighted by Gasteiger charge is -2.44. The molecule has 4 rings (SSSR count). The number of nitrogens with zero attached hydrogens (tertiary/aromatic N) is 1. The van der Waals surface area contributed by atoms with E-state index in [4.69, 9.17) is 22.1 Å². The number of amides is 3. The molecular weight excluding hydrogens is 456 g/mol. The number of rotatable bonds is 5. The number of aryl methyl sites for hydroxylation is 1. The van der Waals surface area contributed by atoms with Crippen LogP contribution in [-0.4, -0.2) is 31.0 Å². The summed E-state index contributed by atoms with van der Waals surface area (Å²) in [4.78, 5) is 36.6. The van der Waals surface area contributed by atoms with Crippen molar-refractivity contribution in [1.29, 1.82) is 0 Å². The lowest BCUT2D eigenvalue weighted by Crippen LogP contribution is -2.50. The Kier molecular flexibility index (Phi) is 6.25. The van der Waals surface area contributed by atoms with Crippen LogP contribution in [0.1, 0.15) is 41.6 Å². The van der Waals surface area contributed by atoms with Crippen LogP contribution in [0, 0.1) is 24.5 Å². The molecule has 2 aromatic carbocycles. The molecule has 2 unspecified atom stereocenters. The summed E-state index contributed by atoms with van der Waals surface area (Å²) in [5.41, 5.74) is 6.76. The number of nitrogens with one attached hydrogen (secondary N) is 1. The molecule has 0 bridgehead atoms. The minimum absolute atomic E-state index is 0.0229. The molecule has 2 aliphatic rings. The molecule has 2 aliphatic heterocycles. The Bertz CT molecular complexity index is 1110. The second kappa shape index (κ2) is 8.97. The predicted molar refractivity (Wildman–Crippen MR) is 117 cm³/mol. The molecule has 0 radical (unpaired) electrons. The van der Waals surface area contributed by atoms with Crippen molar-refractivity contribution in [2.45, 2.75) is 31.8 Å². The van der Waals surface area contributed by atoms with Gasteiger partial charge in [0.05, 0.1) is 5.92 Å². The number of piperidine rings is 1. The van der Waals surface area contributed by atoms with E-state index in [9.17, 15) is 23.2 Å². The number of nitrogens with two attached hydrogens (primary N) is 1. The molecule has 3 N–H and O–H groups in total. The van der Waals surface area contributed by atoms with Crippen molar-refractivity contribution < 1.29 is 27.9 Å². The molecule has 2 saturated heterocycles. The van der Waals surface area contributed by atoms with Gasteiger partial charge in [-0.25, -0.2) is 13.6 Å². The maximum absolute atomic E-state index is 14.8. The lowest BCUT2D eigenvalue weighted by molar-refractivity contribution is -0.134. The molecule has 2 atom stereocenters. The third-order valence-electron chi connectivity index (χ3n) is 6.12. The van der Waals surface area contributed by atoms with Crippen LogP contribution in [-0.2, 0) is 14.3 Å². The quantitative estimate of drug-likeness (QED) is 0.639. The Hall–Kier alpha value is -3.20. The van der Waals surface area contributed by atoms with Crippen LogP contribution in [0.4, 0.5) is 19.3 Å². The van der Waals surface area contributed by atoms with Crippen LogP contribution in [0.2, 0.25) is 5.02 Å². The van der Waals surface area contributed by atoms with Crippen molar-refractivity contribution in [3.63, 3.8) is 0 Å². The number of hydrogen-bond donors (Lipinski definition) is 2. The van der Waals surface area contributed by atoms with Gasteiger partial charge in [-0.2, -0.15) is 0 Å².